The molecule has 0 spiro atoms. The maximum atomic E-state index is 13.5. The van der Waals surface area contributed by atoms with Crippen LogP contribution in [0.4, 0.5) is 15.8 Å². The number of hydrogen-bond acceptors (Lipinski definition) is 4. The number of amides is 2. The van der Waals surface area contributed by atoms with Gasteiger partial charge >= 0.3 is 0 Å². The van der Waals surface area contributed by atoms with Gasteiger partial charge in [0.05, 0.1) is 17.9 Å². The number of aryl methyl sites for hydroxylation is 1. The molecule has 5 nitrogen and oxygen atoms in total. The van der Waals surface area contributed by atoms with Crippen LogP contribution in [-0.2, 0) is 9.59 Å². The van der Waals surface area contributed by atoms with E-state index in [4.69, 9.17) is 16.3 Å². The molecule has 0 saturated carbocycles. The lowest BCUT2D eigenvalue weighted by molar-refractivity contribution is -0.120. The molecule has 4 rings (SSSR count). The Kier molecular flexibility index (Phi) is 5.97. The van der Waals surface area contributed by atoms with E-state index in [0.29, 0.717) is 39.9 Å². The fourth-order valence-corrected chi connectivity index (χ4v) is 3.79. The number of carbonyl (C=O) groups excluding carboxylic acids is 2. The van der Waals surface area contributed by atoms with Crippen LogP contribution in [0.15, 0.2) is 72.4 Å². The topological polar surface area (TPSA) is 58.6 Å². The van der Waals surface area contributed by atoms with Gasteiger partial charge in [0.1, 0.15) is 17.3 Å². The van der Waals surface area contributed by atoms with Crippen molar-refractivity contribution in [2.24, 2.45) is 0 Å². The van der Waals surface area contributed by atoms with Gasteiger partial charge < -0.3 is 10.1 Å². The summed E-state index contributed by atoms with van der Waals surface area (Å²) < 4.78 is 19.0. The van der Waals surface area contributed by atoms with E-state index in [1.807, 2.05) is 6.92 Å². The molecule has 2 amide bonds. The minimum Gasteiger partial charge on any atom is -0.494 e. The fourth-order valence-electron chi connectivity index (χ4n) is 3.56. The number of halogens is 2. The Morgan fingerprint density at radius 1 is 0.969 bits per heavy atom. The number of carbonyl (C=O) groups is 2. The molecule has 0 atom stereocenters. The van der Waals surface area contributed by atoms with Crippen molar-refractivity contribution in [3.05, 3.63) is 94.4 Å². The minimum absolute atomic E-state index is 0.111. The van der Waals surface area contributed by atoms with E-state index >= 15 is 0 Å². The predicted octanol–water partition coefficient (Wildman–Crippen LogP) is 5.58. The van der Waals surface area contributed by atoms with Crippen LogP contribution in [-0.4, -0.2) is 18.4 Å². The van der Waals surface area contributed by atoms with Gasteiger partial charge in [0, 0.05) is 10.7 Å². The highest BCUT2D eigenvalue weighted by atomic mass is 35.5. The van der Waals surface area contributed by atoms with Crippen LogP contribution in [0.2, 0.25) is 5.02 Å². The smallest absolute Gasteiger partial charge is 0.282 e. The Morgan fingerprint density at radius 2 is 1.66 bits per heavy atom. The first kappa shape index (κ1) is 21.6. The summed E-state index contributed by atoms with van der Waals surface area (Å²) in [6.07, 6.45) is 0. The highest BCUT2D eigenvalue weighted by molar-refractivity contribution is 6.46. The second kappa shape index (κ2) is 8.85. The number of anilines is 2. The van der Waals surface area contributed by atoms with Gasteiger partial charge in [-0.3, -0.25) is 9.59 Å². The number of benzene rings is 3. The largest absolute Gasteiger partial charge is 0.494 e. The van der Waals surface area contributed by atoms with E-state index < -0.39 is 17.6 Å². The van der Waals surface area contributed by atoms with E-state index in [1.54, 1.807) is 49.4 Å². The van der Waals surface area contributed by atoms with E-state index in [1.165, 1.54) is 24.3 Å². The normalized spacial score (nSPS) is 13.7. The lowest BCUT2D eigenvalue weighted by Crippen LogP contribution is -2.33. The molecule has 162 valence electrons. The summed E-state index contributed by atoms with van der Waals surface area (Å²) in [6, 6.07) is 17.5. The Bertz CT molecular complexity index is 1220. The average molecular weight is 451 g/mol. The fraction of sp³-hybridized carbons (Fsp3) is 0.120. The highest BCUT2D eigenvalue weighted by Gasteiger charge is 2.40. The van der Waals surface area contributed by atoms with Gasteiger partial charge in [-0.05, 0) is 79.6 Å². The second-order valence-corrected chi connectivity index (χ2v) is 7.65. The maximum Gasteiger partial charge on any atom is 0.282 e. The van der Waals surface area contributed by atoms with Crippen molar-refractivity contribution < 1.29 is 18.7 Å². The highest BCUT2D eigenvalue weighted by Crippen LogP contribution is 2.36. The van der Waals surface area contributed by atoms with Gasteiger partial charge in [0.25, 0.3) is 11.8 Å². The molecule has 7 heteroatoms. The summed E-state index contributed by atoms with van der Waals surface area (Å²) in [4.78, 5) is 28.0. The molecule has 32 heavy (non-hydrogen) atoms. The maximum absolute atomic E-state index is 13.5. The molecule has 3 aromatic rings. The SMILES string of the molecule is CCOc1ccc(NC2=C(c3ccc(F)cc3)C(=O)N(c3ccc(Cl)cc3C)C2=O)cc1. The molecule has 3 aromatic carbocycles. The van der Waals surface area contributed by atoms with E-state index in [-0.39, 0.29) is 11.3 Å². The van der Waals surface area contributed by atoms with Crippen molar-refractivity contribution in [3.63, 3.8) is 0 Å². The minimum atomic E-state index is -0.506. The molecule has 1 N–H and O–H groups in total. The Hall–Kier alpha value is -3.64. The van der Waals surface area contributed by atoms with Crippen molar-refractivity contribution >= 4 is 40.4 Å². The van der Waals surface area contributed by atoms with Crippen molar-refractivity contribution in [3.8, 4) is 5.75 Å². The molecule has 0 unspecified atom stereocenters. The van der Waals surface area contributed by atoms with Crippen molar-refractivity contribution in [2.45, 2.75) is 13.8 Å². The van der Waals surface area contributed by atoms with Gasteiger partial charge in [-0.15, -0.1) is 0 Å². The Balaban J connectivity index is 1.78. The number of rotatable bonds is 6. The number of ether oxygens (including phenoxy) is 1. The zero-order valence-electron chi connectivity index (χ0n) is 17.5. The molecule has 0 bridgehead atoms. The van der Waals surface area contributed by atoms with Crippen LogP contribution in [0.1, 0.15) is 18.1 Å². The third kappa shape index (κ3) is 4.09. The summed E-state index contributed by atoms with van der Waals surface area (Å²) in [5.74, 6) is -0.746. The van der Waals surface area contributed by atoms with E-state index in [2.05, 4.69) is 5.32 Å². The van der Waals surface area contributed by atoms with Gasteiger partial charge in [-0.1, -0.05) is 23.7 Å². The quantitative estimate of drug-likeness (QED) is 0.498. The lowest BCUT2D eigenvalue weighted by atomic mass is 10.0. The van der Waals surface area contributed by atoms with Crippen molar-refractivity contribution in [2.75, 3.05) is 16.8 Å². The summed E-state index contributed by atoms with van der Waals surface area (Å²) >= 11 is 6.05. The van der Waals surface area contributed by atoms with Crippen LogP contribution in [0.3, 0.4) is 0 Å². The molecule has 0 saturated heterocycles. The molecule has 1 heterocycles. The van der Waals surface area contributed by atoms with Gasteiger partial charge in [0.15, 0.2) is 0 Å². The van der Waals surface area contributed by atoms with E-state index in [9.17, 15) is 14.0 Å². The van der Waals surface area contributed by atoms with Gasteiger partial charge in [-0.2, -0.15) is 0 Å². The lowest BCUT2D eigenvalue weighted by Gasteiger charge is -2.18. The zero-order valence-corrected chi connectivity index (χ0v) is 18.2. The van der Waals surface area contributed by atoms with Crippen LogP contribution >= 0.6 is 11.6 Å². The molecule has 0 aliphatic carbocycles. The monoisotopic (exact) mass is 450 g/mol. The Morgan fingerprint density at radius 3 is 2.28 bits per heavy atom. The molecule has 0 radical (unpaired) electrons. The molecular weight excluding hydrogens is 431 g/mol. The van der Waals surface area contributed by atoms with Crippen LogP contribution < -0.4 is 15.0 Å². The van der Waals surface area contributed by atoms with Crippen LogP contribution in [0.25, 0.3) is 5.57 Å². The van der Waals surface area contributed by atoms with Crippen LogP contribution in [0.5, 0.6) is 5.75 Å². The number of hydrogen-bond donors (Lipinski definition) is 1. The van der Waals surface area contributed by atoms with Gasteiger partial charge in [-0.25, -0.2) is 9.29 Å². The first-order chi connectivity index (χ1) is 15.4. The third-order valence-corrected chi connectivity index (χ3v) is 5.29. The molecule has 1 aliphatic heterocycles. The average Bonchev–Trinajstić information content (AvgIpc) is 3.00. The zero-order chi connectivity index (χ0) is 22.8. The predicted molar refractivity (Wildman–Crippen MR) is 123 cm³/mol. The molecular formula is C25H20ClFN2O3. The second-order valence-electron chi connectivity index (χ2n) is 7.22. The van der Waals surface area contributed by atoms with E-state index in [0.717, 1.165) is 4.90 Å². The van der Waals surface area contributed by atoms with Crippen molar-refractivity contribution in [1.29, 1.82) is 0 Å². The van der Waals surface area contributed by atoms with Crippen LogP contribution in [0, 0.1) is 12.7 Å². The summed E-state index contributed by atoms with van der Waals surface area (Å²) in [5.41, 5.74) is 2.44. The number of imide groups is 1. The number of nitrogens with zero attached hydrogens (tertiary/aromatic N) is 1. The van der Waals surface area contributed by atoms with Gasteiger partial charge in [0.2, 0.25) is 0 Å². The molecule has 0 fully saturated rings. The Labute approximate surface area is 190 Å². The summed E-state index contributed by atoms with van der Waals surface area (Å²) in [6.45, 7) is 4.20. The first-order valence-electron chi connectivity index (χ1n) is 10.0. The standard InChI is InChI=1S/C25H20ClFN2O3/c1-3-32-20-11-9-19(10-12-20)28-23-22(16-4-7-18(27)8-5-16)24(30)29(25(23)31)21-13-6-17(26)14-15(21)2/h4-14,28H,3H2,1-2H3. The number of nitrogens with one attached hydrogen (secondary N) is 1. The first-order valence-corrected chi connectivity index (χ1v) is 10.4. The van der Waals surface area contributed by atoms with Crippen molar-refractivity contribution in [1.82, 2.24) is 0 Å². The molecule has 1 aliphatic rings. The summed E-state index contributed by atoms with van der Waals surface area (Å²) in [7, 11) is 0. The summed E-state index contributed by atoms with van der Waals surface area (Å²) in [5, 5.41) is 3.58. The third-order valence-electron chi connectivity index (χ3n) is 5.05. The molecule has 0 aromatic heterocycles.